The Kier molecular flexibility index (Phi) is 3.84. The van der Waals surface area contributed by atoms with Gasteiger partial charge in [0.05, 0.1) is 12.4 Å². The molecule has 2 atom stereocenters. The van der Waals surface area contributed by atoms with Crippen LogP contribution in [0.2, 0.25) is 0 Å². The lowest BCUT2D eigenvalue weighted by Gasteiger charge is -2.25. The molecular formula is C15H15N5. The van der Waals surface area contributed by atoms with Crippen molar-refractivity contribution < 1.29 is 0 Å². The predicted octanol–water partition coefficient (Wildman–Crippen LogP) is 1.87. The summed E-state index contributed by atoms with van der Waals surface area (Å²) in [5, 5.41) is 18.3. The number of hydrogen-bond donors (Lipinski definition) is 1. The number of nitrogens with two attached hydrogens (primary N) is 1. The zero-order valence-electron chi connectivity index (χ0n) is 11.4. The lowest BCUT2D eigenvalue weighted by Crippen LogP contribution is -2.31. The largest absolute Gasteiger partial charge is 0.326 e. The van der Waals surface area contributed by atoms with Crippen molar-refractivity contribution in [2.75, 3.05) is 0 Å². The lowest BCUT2D eigenvalue weighted by atomic mass is 9.96. The molecule has 2 aromatic rings. The van der Waals surface area contributed by atoms with E-state index in [0.717, 1.165) is 11.1 Å². The summed E-state index contributed by atoms with van der Waals surface area (Å²) in [4.78, 5) is 3.99. The summed E-state index contributed by atoms with van der Waals surface area (Å²) in [6.45, 7) is 3.88. The molecule has 1 heterocycles. The van der Waals surface area contributed by atoms with E-state index < -0.39 is 0 Å². The minimum Gasteiger partial charge on any atom is -0.326 e. The maximum absolute atomic E-state index is 9.26. The summed E-state index contributed by atoms with van der Waals surface area (Å²) in [7, 11) is 0. The Balaban J connectivity index is 2.63. The average molecular weight is 265 g/mol. The van der Waals surface area contributed by atoms with Gasteiger partial charge in [-0.15, -0.1) is 0 Å². The number of benzene rings is 1. The maximum atomic E-state index is 9.26. The highest BCUT2D eigenvalue weighted by Crippen LogP contribution is 2.26. The van der Waals surface area contributed by atoms with Crippen molar-refractivity contribution in [2.45, 2.75) is 25.9 Å². The Hall–Kier alpha value is -2.63. The molecule has 0 fully saturated rings. The van der Waals surface area contributed by atoms with Crippen LogP contribution in [0.5, 0.6) is 0 Å². The lowest BCUT2D eigenvalue weighted by molar-refractivity contribution is 0.490. The SMILES string of the molecule is Cc1ccccc1C(C(C)N)n1cnc(C#N)c1C#N. The van der Waals surface area contributed by atoms with Gasteiger partial charge in [0.15, 0.2) is 11.4 Å². The van der Waals surface area contributed by atoms with Gasteiger partial charge >= 0.3 is 0 Å². The standard InChI is InChI=1S/C15H15N5/c1-10-5-3-4-6-12(10)15(11(2)18)20-9-19-13(7-16)14(20)8-17/h3-6,9,11,15H,18H2,1-2H3. The topological polar surface area (TPSA) is 91.4 Å². The van der Waals surface area contributed by atoms with Crippen molar-refractivity contribution in [1.29, 1.82) is 10.5 Å². The van der Waals surface area contributed by atoms with Crippen LogP contribution in [-0.4, -0.2) is 15.6 Å². The summed E-state index contributed by atoms with van der Waals surface area (Å²) in [5.74, 6) is 0. The molecule has 0 amide bonds. The smallest absolute Gasteiger partial charge is 0.176 e. The van der Waals surface area contributed by atoms with Crippen LogP contribution < -0.4 is 5.73 Å². The zero-order valence-corrected chi connectivity index (χ0v) is 11.4. The number of aryl methyl sites for hydroxylation is 1. The van der Waals surface area contributed by atoms with E-state index >= 15 is 0 Å². The summed E-state index contributed by atoms with van der Waals surface area (Å²) in [6.07, 6.45) is 1.51. The zero-order chi connectivity index (χ0) is 14.7. The normalized spacial score (nSPS) is 13.2. The number of imidazole rings is 1. The monoisotopic (exact) mass is 265 g/mol. The molecule has 0 saturated carbocycles. The predicted molar refractivity (Wildman–Crippen MR) is 74.6 cm³/mol. The van der Waals surface area contributed by atoms with Gasteiger partial charge in [-0.05, 0) is 25.0 Å². The van der Waals surface area contributed by atoms with Crippen LogP contribution in [0, 0.1) is 29.6 Å². The van der Waals surface area contributed by atoms with Gasteiger partial charge in [-0.25, -0.2) is 4.98 Å². The Morgan fingerprint density at radius 3 is 2.50 bits per heavy atom. The van der Waals surface area contributed by atoms with E-state index in [1.54, 1.807) is 4.57 Å². The first-order chi connectivity index (χ1) is 9.60. The van der Waals surface area contributed by atoms with Gasteiger partial charge in [-0.2, -0.15) is 10.5 Å². The van der Waals surface area contributed by atoms with E-state index in [-0.39, 0.29) is 23.5 Å². The third-order valence-electron chi connectivity index (χ3n) is 3.31. The maximum Gasteiger partial charge on any atom is 0.176 e. The summed E-state index contributed by atoms with van der Waals surface area (Å²) >= 11 is 0. The van der Waals surface area contributed by atoms with Gasteiger partial charge in [0.25, 0.3) is 0 Å². The highest BCUT2D eigenvalue weighted by atomic mass is 15.1. The van der Waals surface area contributed by atoms with E-state index in [0.29, 0.717) is 0 Å². The van der Waals surface area contributed by atoms with Gasteiger partial charge in [0.2, 0.25) is 0 Å². The minimum atomic E-state index is -0.222. The van der Waals surface area contributed by atoms with Crippen molar-refractivity contribution in [1.82, 2.24) is 9.55 Å². The molecule has 0 aliphatic heterocycles. The Morgan fingerprint density at radius 2 is 1.95 bits per heavy atom. The van der Waals surface area contributed by atoms with E-state index in [1.165, 1.54) is 6.33 Å². The van der Waals surface area contributed by atoms with Crippen LogP contribution in [-0.2, 0) is 0 Å². The molecule has 1 aromatic carbocycles. The van der Waals surface area contributed by atoms with Crippen LogP contribution in [0.1, 0.15) is 35.5 Å². The minimum absolute atomic E-state index is 0.131. The van der Waals surface area contributed by atoms with Crippen molar-refractivity contribution in [3.05, 3.63) is 53.1 Å². The summed E-state index contributed by atoms with van der Waals surface area (Å²) < 4.78 is 1.69. The van der Waals surface area contributed by atoms with Crippen molar-refractivity contribution in [3.63, 3.8) is 0 Å². The molecule has 0 aliphatic rings. The summed E-state index contributed by atoms with van der Waals surface area (Å²) in [6, 6.07) is 11.4. The Bertz CT molecular complexity index is 700. The van der Waals surface area contributed by atoms with Crippen molar-refractivity contribution in [2.24, 2.45) is 5.73 Å². The fraction of sp³-hybridized carbons (Fsp3) is 0.267. The molecule has 2 unspecified atom stereocenters. The second-order valence-corrected chi connectivity index (χ2v) is 4.73. The molecule has 0 saturated heterocycles. The van der Waals surface area contributed by atoms with Crippen LogP contribution in [0.3, 0.4) is 0 Å². The second kappa shape index (κ2) is 5.56. The molecule has 1 aromatic heterocycles. The molecule has 100 valence electrons. The molecule has 2 rings (SSSR count). The van der Waals surface area contributed by atoms with E-state index in [9.17, 15) is 5.26 Å². The quantitative estimate of drug-likeness (QED) is 0.917. The first-order valence-electron chi connectivity index (χ1n) is 6.28. The van der Waals surface area contributed by atoms with Gasteiger partial charge in [-0.3, -0.25) is 0 Å². The number of rotatable bonds is 3. The Labute approximate surface area is 117 Å². The third kappa shape index (κ3) is 2.27. The number of nitrogens with zero attached hydrogens (tertiary/aromatic N) is 4. The van der Waals surface area contributed by atoms with Crippen LogP contribution in [0.15, 0.2) is 30.6 Å². The average Bonchev–Trinajstić information content (AvgIpc) is 2.83. The van der Waals surface area contributed by atoms with Gasteiger partial charge in [0.1, 0.15) is 12.1 Å². The molecule has 20 heavy (non-hydrogen) atoms. The highest BCUT2D eigenvalue weighted by molar-refractivity contribution is 5.39. The van der Waals surface area contributed by atoms with Crippen LogP contribution in [0.25, 0.3) is 0 Å². The van der Waals surface area contributed by atoms with Crippen molar-refractivity contribution >= 4 is 0 Å². The van der Waals surface area contributed by atoms with Gasteiger partial charge < -0.3 is 10.3 Å². The van der Waals surface area contributed by atoms with Crippen molar-refractivity contribution in [3.8, 4) is 12.1 Å². The fourth-order valence-electron chi connectivity index (χ4n) is 2.37. The van der Waals surface area contributed by atoms with Crippen LogP contribution >= 0.6 is 0 Å². The highest BCUT2D eigenvalue weighted by Gasteiger charge is 2.24. The molecule has 0 aliphatic carbocycles. The van der Waals surface area contributed by atoms with E-state index in [2.05, 4.69) is 4.98 Å². The molecule has 5 heteroatoms. The Morgan fingerprint density at radius 1 is 1.25 bits per heavy atom. The third-order valence-corrected chi connectivity index (χ3v) is 3.31. The first-order valence-corrected chi connectivity index (χ1v) is 6.28. The number of hydrogen-bond acceptors (Lipinski definition) is 4. The fourth-order valence-corrected chi connectivity index (χ4v) is 2.37. The molecule has 5 nitrogen and oxygen atoms in total. The van der Waals surface area contributed by atoms with Crippen LogP contribution in [0.4, 0.5) is 0 Å². The second-order valence-electron chi connectivity index (χ2n) is 4.73. The molecule has 2 N–H and O–H groups in total. The molecule has 0 radical (unpaired) electrons. The van der Waals surface area contributed by atoms with Gasteiger partial charge in [-0.1, -0.05) is 24.3 Å². The van der Waals surface area contributed by atoms with Gasteiger partial charge in [0, 0.05) is 6.04 Å². The molecule has 0 spiro atoms. The molecular weight excluding hydrogens is 250 g/mol. The first kappa shape index (κ1) is 13.8. The van der Waals surface area contributed by atoms with E-state index in [1.807, 2.05) is 50.3 Å². The van der Waals surface area contributed by atoms with E-state index in [4.69, 9.17) is 11.0 Å². The molecule has 0 bridgehead atoms. The summed E-state index contributed by atoms with van der Waals surface area (Å²) in [5.41, 5.74) is 8.60. The number of nitriles is 2. The number of aromatic nitrogens is 2.